The first-order chi connectivity index (χ1) is 8.99. The molecule has 5 heteroatoms. The van der Waals surface area contributed by atoms with E-state index < -0.39 is 11.0 Å². The molecule has 116 valence electrons. The van der Waals surface area contributed by atoms with Crippen molar-refractivity contribution in [3.05, 3.63) is 0 Å². The highest BCUT2D eigenvalue weighted by atomic mass is 16.6. The van der Waals surface area contributed by atoms with Gasteiger partial charge in [-0.15, -0.1) is 0 Å². The van der Waals surface area contributed by atoms with Crippen LogP contribution in [-0.2, 0) is 9.53 Å². The second-order valence-corrected chi connectivity index (χ2v) is 7.49. The smallest absolute Gasteiger partial charge is 0.410 e. The van der Waals surface area contributed by atoms with E-state index in [2.05, 4.69) is 5.32 Å². The highest BCUT2D eigenvalue weighted by Gasteiger charge is 2.30. The number of ether oxygens (including phenoxy) is 1. The Bertz CT molecular complexity index is 366. The van der Waals surface area contributed by atoms with Crippen LogP contribution in [0.15, 0.2) is 0 Å². The maximum atomic E-state index is 12.0. The molecule has 0 bridgehead atoms. The highest BCUT2D eigenvalue weighted by Crippen LogP contribution is 2.18. The van der Waals surface area contributed by atoms with Crippen LogP contribution in [0.4, 0.5) is 4.79 Å². The van der Waals surface area contributed by atoms with Gasteiger partial charge in [-0.1, -0.05) is 20.8 Å². The first-order valence-electron chi connectivity index (χ1n) is 7.28. The molecule has 0 aromatic carbocycles. The average molecular weight is 284 g/mol. The fourth-order valence-corrected chi connectivity index (χ4v) is 1.99. The number of hydrogen-bond acceptors (Lipinski definition) is 3. The molecule has 1 aliphatic heterocycles. The molecular formula is C15H28N2O3. The van der Waals surface area contributed by atoms with E-state index in [0.717, 1.165) is 12.8 Å². The summed E-state index contributed by atoms with van der Waals surface area (Å²) in [4.78, 5) is 25.7. The minimum absolute atomic E-state index is 0.0167. The normalized spacial score (nSPS) is 20.5. The Kier molecular flexibility index (Phi) is 5.05. The molecule has 1 rings (SSSR count). The molecule has 0 aromatic rings. The topological polar surface area (TPSA) is 58.6 Å². The SMILES string of the molecule is CC(C)(C)OC(=O)N1CCCC(NC(=O)C(C)(C)C)C1. The van der Waals surface area contributed by atoms with Crippen molar-refractivity contribution >= 4 is 12.0 Å². The summed E-state index contributed by atoms with van der Waals surface area (Å²) in [5.74, 6) is 0.0218. The summed E-state index contributed by atoms with van der Waals surface area (Å²) in [7, 11) is 0. The molecule has 1 heterocycles. The summed E-state index contributed by atoms with van der Waals surface area (Å²) in [5.41, 5.74) is -0.896. The van der Waals surface area contributed by atoms with Crippen LogP contribution < -0.4 is 5.32 Å². The van der Waals surface area contributed by atoms with E-state index in [-0.39, 0.29) is 18.0 Å². The van der Waals surface area contributed by atoms with Gasteiger partial charge in [-0.25, -0.2) is 4.79 Å². The van der Waals surface area contributed by atoms with Crippen LogP contribution >= 0.6 is 0 Å². The van der Waals surface area contributed by atoms with Crippen molar-refractivity contribution in [2.45, 2.75) is 66.0 Å². The minimum atomic E-state index is -0.487. The third-order valence-corrected chi connectivity index (χ3v) is 3.09. The Balaban J connectivity index is 2.55. The highest BCUT2D eigenvalue weighted by molar-refractivity contribution is 5.81. The fourth-order valence-electron chi connectivity index (χ4n) is 1.99. The number of likely N-dealkylation sites (tertiary alicyclic amines) is 1. The van der Waals surface area contributed by atoms with Crippen molar-refractivity contribution in [2.75, 3.05) is 13.1 Å². The zero-order valence-corrected chi connectivity index (χ0v) is 13.6. The molecule has 1 aliphatic rings. The van der Waals surface area contributed by atoms with Gasteiger partial charge in [0.15, 0.2) is 0 Å². The van der Waals surface area contributed by atoms with Crippen LogP contribution in [0.3, 0.4) is 0 Å². The largest absolute Gasteiger partial charge is 0.444 e. The van der Waals surface area contributed by atoms with Crippen molar-refractivity contribution < 1.29 is 14.3 Å². The van der Waals surface area contributed by atoms with E-state index in [9.17, 15) is 9.59 Å². The van der Waals surface area contributed by atoms with E-state index >= 15 is 0 Å². The summed E-state index contributed by atoms with van der Waals surface area (Å²) in [6.45, 7) is 12.4. The number of hydrogen-bond donors (Lipinski definition) is 1. The first-order valence-corrected chi connectivity index (χ1v) is 7.28. The number of nitrogens with zero attached hydrogens (tertiary/aromatic N) is 1. The summed E-state index contributed by atoms with van der Waals surface area (Å²) in [6.07, 6.45) is 1.49. The number of carbonyl (C=O) groups excluding carboxylic acids is 2. The van der Waals surface area contributed by atoms with Gasteiger partial charge < -0.3 is 15.0 Å². The van der Waals surface area contributed by atoms with Gasteiger partial charge in [0, 0.05) is 24.5 Å². The van der Waals surface area contributed by atoms with Crippen molar-refractivity contribution in [2.24, 2.45) is 5.41 Å². The monoisotopic (exact) mass is 284 g/mol. The Morgan fingerprint density at radius 2 is 1.75 bits per heavy atom. The van der Waals surface area contributed by atoms with E-state index in [1.54, 1.807) is 4.90 Å². The summed E-state index contributed by atoms with van der Waals surface area (Å²) in [5, 5.41) is 3.02. The van der Waals surface area contributed by atoms with Gasteiger partial charge in [-0.2, -0.15) is 0 Å². The van der Waals surface area contributed by atoms with Gasteiger partial charge in [-0.3, -0.25) is 4.79 Å². The lowest BCUT2D eigenvalue weighted by Gasteiger charge is -2.35. The Hall–Kier alpha value is -1.26. The van der Waals surface area contributed by atoms with Crippen LogP contribution in [0.5, 0.6) is 0 Å². The zero-order chi connectivity index (χ0) is 15.6. The third-order valence-electron chi connectivity index (χ3n) is 3.09. The molecule has 1 fully saturated rings. The maximum absolute atomic E-state index is 12.0. The van der Waals surface area contributed by atoms with Crippen molar-refractivity contribution in [1.29, 1.82) is 0 Å². The molecule has 0 radical (unpaired) electrons. The van der Waals surface area contributed by atoms with Crippen molar-refractivity contribution in [3.63, 3.8) is 0 Å². The van der Waals surface area contributed by atoms with Gasteiger partial charge in [0.2, 0.25) is 5.91 Å². The zero-order valence-electron chi connectivity index (χ0n) is 13.6. The molecule has 0 saturated carbocycles. The van der Waals surface area contributed by atoms with Crippen molar-refractivity contribution in [1.82, 2.24) is 10.2 Å². The standard InChI is InChI=1S/C15H28N2O3/c1-14(2,3)12(18)16-11-8-7-9-17(10-11)13(19)20-15(4,5)6/h11H,7-10H2,1-6H3,(H,16,18). The molecule has 20 heavy (non-hydrogen) atoms. The number of nitrogens with one attached hydrogen (secondary N) is 1. The lowest BCUT2D eigenvalue weighted by Crippen LogP contribution is -2.52. The maximum Gasteiger partial charge on any atom is 0.410 e. The predicted molar refractivity (Wildman–Crippen MR) is 78.4 cm³/mol. The molecule has 1 atom stereocenters. The second kappa shape index (κ2) is 6.02. The van der Waals surface area contributed by atoms with Gasteiger partial charge in [-0.05, 0) is 33.6 Å². The van der Waals surface area contributed by atoms with Gasteiger partial charge in [0.05, 0.1) is 0 Å². The van der Waals surface area contributed by atoms with Gasteiger partial charge in [0.25, 0.3) is 0 Å². The van der Waals surface area contributed by atoms with E-state index in [0.29, 0.717) is 13.1 Å². The average Bonchev–Trinajstić information content (AvgIpc) is 2.25. The van der Waals surface area contributed by atoms with Gasteiger partial charge in [0.1, 0.15) is 5.60 Å². The van der Waals surface area contributed by atoms with Crippen molar-refractivity contribution in [3.8, 4) is 0 Å². The van der Waals surface area contributed by atoms with Gasteiger partial charge >= 0.3 is 6.09 Å². The Morgan fingerprint density at radius 1 is 1.15 bits per heavy atom. The van der Waals surface area contributed by atoms with E-state index in [4.69, 9.17) is 4.74 Å². The summed E-state index contributed by atoms with van der Waals surface area (Å²) in [6, 6.07) is 0.0167. The first kappa shape index (κ1) is 16.8. The van der Waals surface area contributed by atoms with Crippen LogP contribution in [0.25, 0.3) is 0 Å². The minimum Gasteiger partial charge on any atom is -0.444 e. The van der Waals surface area contributed by atoms with Crippen LogP contribution in [0, 0.1) is 5.41 Å². The van der Waals surface area contributed by atoms with Crippen LogP contribution in [0.2, 0.25) is 0 Å². The quantitative estimate of drug-likeness (QED) is 0.805. The second-order valence-electron chi connectivity index (χ2n) is 7.49. The lowest BCUT2D eigenvalue weighted by atomic mass is 9.94. The molecule has 0 aliphatic carbocycles. The summed E-state index contributed by atoms with van der Waals surface area (Å²) >= 11 is 0. The Labute approximate surface area is 122 Å². The molecule has 1 N–H and O–H groups in total. The molecule has 0 aromatic heterocycles. The lowest BCUT2D eigenvalue weighted by molar-refractivity contribution is -0.129. The molecule has 1 saturated heterocycles. The van der Waals surface area contributed by atoms with Crippen LogP contribution in [-0.4, -0.2) is 41.6 Å². The number of carbonyl (C=O) groups is 2. The Morgan fingerprint density at radius 3 is 2.25 bits per heavy atom. The molecular weight excluding hydrogens is 256 g/mol. The predicted octanol–water partition coefficient (Wildman–Crippen LogP) is 2.55. The van der Waals surface area contributed by atoms with Crippen LogP contribution in [0.1, 0.15) is 54.4 Å². The molecule has 2 amide bonds. The fraction of sp³-hybridized carbons (Fsp3) is 0.867. The number of amides is 2. The molecule has 1 unspecified atom stereocenters. The summed E-state index contributed by atoms with van der Waals surface area (Å²) < 4.78 is 5.37. The van der Waals surface area contributed by atoms with E-state index in [1.165, 1.54) is 0 Å². The third kappa shape index (κ3) is 5.39. The molecule has 0 spiro atoms. The number of piperidine rings is 1. The number of rotatable bonds is 1. The van der Waals surface area contributed by atoms with E-state index in [1.807, 2.05) is 41.5 Å². The molecule has 5 nitrogen and oxygen atoms in total.